The third-order valence-corrected chi connectivity index (χ3v) is 4.39. The van der Waals surface area contributed by atoms with Crippen molar-refractivity contribution < 1.29 is 9.31 Å². The molecule has 5 heteroatoms. The molecule has 1 aliphatic heterocycles. The minimum absolute atomic E-state index is 0.333. The first kappa shape index (κ1) is 15.5. The van der Waals surface area contributed by atoms with Gasteiger partial charge < -0.3 is 15.0 Å². The van der Waals surface area contributed by atoms with Gasteiger partial charge in [-0.15, -0.1) is 0 Å². The summed E-state index contributed by atoms with van der Waals surface area (Å²) in [6.45, 7) is 8.19. The van der Waals surface area contributed by atoms with E-state index in [1.54, 1.807) is 0 Å². The summed E-state index contributed by atoms with van der Waals surface area (Å²) >= 11 is 4.40. The van der Waals surface area contributed by atoms with Crippen LogP contribution >= 0.6 is 12.6 Å². The Balaban J connectivity index is 2.24. The van der Waals surface area contributed by atoms with Crippen LogP contribution in [0.1, 0.15) is 33.3 Å². The molecule has 0 aromatic heterocycles. The van der Waals surface area contributed by atoms with Gasteiger partial charge in [0, 0.05) is 11.4 Å². The zero-order valence-corrected chi connectivity index (χ0v) is 13.4. The number of hydrogen-bond donors (Lipinski definition) is 2. The number of thiol groups is 1. The predicted octanol–water partition coefficient (Wildman–Crippen LogP) is 3.21. The van der Waals surface area contributed by atoms with Crippen molar-refractivity contribution in [2.24, 2.45) is 0 Å². The van der Waals surface area contributed by atoms with E-state index in [4.69, 9.17) is 15.0 Å². The van der Waals surface area contributed by atoms with Crippen LogP contribution in [0.25, 0.3) is 6.08 Å². The standard InChI is InChI=1S/C15H22BNO2S/c1-14(2)15(3,4)19-16(18-14)12(10-20)9-11-5-7-13(17)8-6-11/h5-9,20H,10,17H2,1-4H3. The molecule has 0 atom stereocenters. The minimum atomic E-state index is -0.352. The minimum Gasteiger partial charge on any atom is -0.400 e. The van der Waals surface area contributed by atoms with Crippen LogP contribution in [-0.2, 0) is 9.31 Å². The van der Waals surface area contributed by atoms with Crippen molar-refractivity contribution in [3.05, 3.63) is 35.3 Å². The fourth-order valence-electron chi connectivity index (χ4n) is 1.99. The largest absolute Gasteiger partial charge is 0.491 e. The molecule has 0 unspecified atom stereocenters. The summed E-state index contributed by atoms with van der Waals surface area (Å²) in [7, 11) is -0.352. The molecule has 0 saturated carbocycles. The van der Waals surface area contributed by atoms with E-state index >= 15 is 0 Å². The Labute approximate surface area is 127 Å². The van der Waals surface area contributed by atoms with Crippen molar-refractivity contribution in [1.82, 2.24) is 0 Å². The van der Waals surface area contributed by atoms with Crippen LogP contribution in [0, 0.1) is 0 Å². The van der Waals surface area contributed by atoms with Crippen molar-refractivity contribution in [1.29, 1.82) is 0 Å². The Hall–Kier alpha value is -0.905. The lowest BCUT2D eigenvalue weighted by Gasteiger charge is -2.32. The molecule has 2 rings (SSSR count). The van der Waals surface area contributed by atoms with E-state index in [1.807, 2.05) is 52.0 Å². The average Bonchev–Trinajstić information content (AvgIpc) is 2.57. The highest BCUT2D eigenvalue weighted by atomic mass is 32.1. The van der Waals surface area contributed by atoms with Crippen LogP contribution in [0.5, 0.6) is 0 Å². The van der Waals surface area contributed by atoms with E-state index in [0.717, 1.165) is 16.7 Å². The van der Waals surface area contributed by atoms with Gasteiger partial charge in [-0.25, -0.2) is 0 Å². The van der Waals surface area contributed by atoms with Gasteiger partial charge in [0.05, 0.1) is 11.2 Å². The SMILES string of the molecule is CC1(C)OB(C(=Cc2ccc(N)cc2)CS)OC1(C)C. The zero-order valence-electron chi connectivity index (χ0n) is 12.5. The molecule has 1 aliphatic rings. The molecule has 0 radical (unpaired) electrons. The molecule has 0 amide bonds. The van der Waals surface area contributed by atoms with Crippen LogP contribution in [0.2, 0.25) is 0 Å². The first-order valence-electron chi connectivity index (χ1n) is 6.78. The molecule has 0 spiro atoms. The number of nitrogens with two attached hydrogens (primary N) is 1. The molecule has 1 aromatic rings. The summed E-state index contributed by atoms with van der Waals surface area (Å²) in [4.78, 5) is 0. The normalized spacial score (nSPS) is 21.2. The first-order valence-corrected chi connectivity index (χ1v) is 7.41. The molecule has 1 fully saturated rings. The van der Waals surface area contributed by atoms with E-state index in [-0.39, 0.29) is 18.3 Å². The molecular weight excluding hydrogens is 269 g/mol. The zero-order chi connectivity index (χ0) is 15.0. The summed E-state index contributed by atoms with van der Waals surface area (Å²) in [6.07, 6.45) is 2.05. The highest BCUT2D eigenvalue weighted by molar-refractivity contribution is 7.80. The van der Waals surface area contributed by atoms with Crippen LogP contribution in [0.4, 0.5) is 5.69 Å². The fourth-order valence-corrected chi connectivity index (χ4v) is 2.23. The monoisotopic (exact) mass is 291 g/mol. The Morgan fingerprint density at radius 2 is 1.65 bits per heavy atom. The molecule has 1 saturated heterocycles. The molecule has 108 valence electrons. The second kappa shape index (κ2) is 5.47. The number of hydrogen-bond acceptors (Lipinski definition) is 4. The number of benzene rings is 1. The van der Waals surface area contributed by atoms with E-state index in [9.17, 15) is 0 Å². The summed E-state index contributed by atoms with van der Waals surface area (Å²) in [6, 6.07) is 7.71. The highest BCUT2D eigenvalue weighted by Gasteiger charge is 2.52. The topological polar surface area (TPSA) is 44.5 Å². The third-order valence-electron chi connectivity index (χ3n) is 4.03. The Kier molecular flexibility index (Phi) is 4.23. The Morgan fingerprint density at radius 1 is 1.15 bits per heavy atom. The van der Waals surface area contributed by atoms with E-state index in [1.165, 1.54) is 0 Å². The number of rotatable bonds is 3. The number of anilines is 1. The van der Waals surface area contributed by atoms with Crippen molar-refractivity contribution in [3.8, 4) is 0 Å². The summed E-state index contributed by atoms with van der Waals surface area (Å²) in [5.74, 6) is 0.585. The maximum atomic E-state index is 6.05. The summed E-state index contributed by atoms with van der Waals surface area (Å²) in [5.41, 5.74) is 7.87. The Bertz CT molecular complexity index is 495. The fraction of sp³-hybridized carbons (Fsp3) is 0.467. The van der Waals surface area contributed by atoms with Gasteiger partial charge in [0.15, 0.2) is 0 Å². The first-order chi connectivity index (χ1) is 9.25. The molecule has 0 bridgehead atoms. The summed E-state index contributed by atoms with van der Waals surface area (Å²) in [5, 5.41) is 0. The van der Waals surface area contributed by atoms with Crippen LogP contribution in [0.15, 0.2) is 29.7 Å². The van der Waals surface area contributed by atoms with Crippen molar-refractivity contribution in [3.63, 3.8) is 0 Å². The lowest BCUT2D eigenvalue weighted by atomic mass is 9.78. The summed E-state index contributed by atoms with van der Waals surface area (Å²) < 4.78 is 12.1. The van der Waals surface area contributed by atoms with Gasteiger partial charge >= 0.3 is 7.12 Å². The molecule has 0 aliphatic carbocycles. The Morgan fingerprint density at radius 3 is 2.10 bits per heavy atom. The van der Waals surface area contributed by atoms with Gasteiger partial charge in [-0.2, -0.15) is 12.6 Å². The second-order valence-electron chi connectivity index (χ2n) is 6.13. The molecule has 3 nitrogen and oxygen atoms in total. The second-order valence-corrected chi connectivity index (χ2v) is 6.45. The lowest BCUT2D eigenvalue weighted by Crippen LogP contribution is -2.41. The smallest absolute Gasteiger partial charge is 0.400 e. The lowest BCUT2D eigenvalue weighted by molar-refractivity contribution is 0.00578. The van der Waals surface area contributed by atoms with Gasteiger partial charge in [0.2, 0.25) is 0 Å². The maximum absolute atomic E-state index is 6.05. The van der Waals surface area contributed by atoms with Gasteiger partial charge in [-0.3, -0.25) is 0 Å². The molecule has 20 heavy (non-hydrogen) atoms. The molecule has 1 heterocycles. The predicted molar refractivity (Wildman–Crippen MR) is 88.8 cm³/mol. The van der Waals surface area contributed by atoms with E-state index in [2.05, 4.69) is 18.7 Å². The van der Waals surface area contributed by atoms with Crippen molar-refractivity contribution in [2.75, 3.05) is 11.5 Å². The number of nitrogen functional groups attached to an aromatic ring is 1. The molecule has 2 N–H and O–H groups in total. The quantitative estimate of drug-likeness (QED) is 0.510. The van der Waals surface area contributed by atoms with E-state index < -0.39 is 0 Å². The van der Waals surface area contributed by atoms with Crippen molar-refractivity contribution >= 4 is 31.5 Å². The van der Waals surface area contributed by atoms with Gasteiger partial charge in [0.25, 0.3) is 0 Å². The van der Waals surface area contributed by atoms with Gasteiger partial charge in [-0.05, 0) is 50.9 Å². The van der Waals surface area contributed by atoms with Crippen LogP contribution < -0.4 is 5.73 Å². The van der Waals surface area contributed by atoms with Crippen LogP contribution in [-0.4, -0.2) is 24.1 Å². The molecular formula is C15H22BNO2S. The van der Waals surface area contributed by atoms with Gasteiger partial charge in [-0.1, -0.05) is 18.2 Å². The maximum Gasteiger partial charge on any atom is 0.491 e. The van der Waals surface area contributed by atoms with Gasteiger partial charge in [0.1, 0.15) is 0 Å². The van der Waals surface area contributed by atoms with Crippen LogP contribution in [0.3, 0.4) is 0 Å². The average molecular weight is 291 g/mol. The molecule has 1 aromatic carbocycles. The van der Waals surface area contributed by atoms with E-state index in [0.29, 0.717) is 5.75 Å². The van der Waals surface area contributed by atoms with Crippen molar-refractivity contribution in [2.45, 2.75) is 38.9 Å². The third kappa shape index (κ3) is 3.05. The highest BCUT2D eigenvalue weighted by Crippen LogP contribution is 2.39.